The van der Waals surface area contributed by atoms with E-state index in [1.165, 1.54) is 0 Å². The van der Waals surface area contributed by atoms with E-state index >= 15 is 0 Å². The molecule has 0 aromatic rings. The lowest BCUT2D eigenvalue weighted by Gasteiger charge is -2.26. The minimum Gasteiger partial charge on any atom is -0.396 e. The second kappa shape index (κ2) is 6.21. The van der Waals surface area contributed by atoms with Gasteiger partial charge < -0.3 is 15.3 Å². The molecule has 2 unspecified atom stereocenters. The second-order valence-corrected chi connectivity index (χ2v) is 5.22. The van der Waals surface area contributed by atoms with Crippen LogP contribution in [0.3, 0.4) is 0 Å². The Morgan fingerprint density at radius 1 is 1.56 bits per heavy atom. The Balaban J connectivity index is 2.67. The van der Waals surface area contributed by atoms with E-state index < -0.39 is 0 Å². The summed E-state index contributed by atoms with van der Waals surface area (Å²) in [6.45, 7) is 8.95. The smallest absolute Gasteiger partial charge is 0.239 e. The van der Waals surface area contributed by atoms with Crippen molar-refractivity contribution >= 4 is 5.91 Å². The van der Waals surface area contributed by atoms with E-state index in [2.05, 4.69) is 26.1 Å². The van der Waals surface area contributed by atoms with Crippen LogP contribution in [0.15, 0.2) is 0 Å². The lowest BCUT2D eigenvalue weighted by atomic mass is 10.1. The molecule has 2 atom stereocenters. The summed E-state index contributed by atoms with van der Waals surface area (Å²) < 4.78 is 0. The molecule has 0 radical (unpaired) electrons. The summed E-state index contributed by atoms with van der Waals surface area (Å²) in [5, 5.41) is 12.2. The van der Waals surface area contributed by atoms with Gasteiger partial charge in [0.05, 0.1) is 6.04 Å². The summed E-state index contributed by atoms with van der Waals surface area (Å²) in [5.41, 5.74) is 0. The van der Waals surface area contributed by atoms with Gasteiger partial charge in [0.2, 0.25) is 5.91 Å². The van der Waals surface area contributed by atoms with Crippen molar-refractivity contribution < 1.29 is 9.90 Å². The number of carbonyl (C=O) groups excluding carboxylic acids is 1. The first-order valence-corrected chi connectivity index (χ1v) is 6.17. The maximum absolute atomic E-state index is 12.2. The van der Waals surface area contributed by atoms with Crippen molar-refractivity contribution in [3.63, 3.8) is 0 Å². The molecule has 0 spiro atoms. The topological polar surface area (TPSA) is 52.6 Å². The first-order valence-electron chi connectivity index (χ1n) is 6.17. The molecule has 0 bridgehead atoms. The van der Waals surface area contributed by atoms with Crippen molar-refractivity contribution in [2.45, 2.75) is 33.2 Å². The summed E-state index contributed by atoms with van der Waals surface area (Å²) in [7, 11) is 0. The summed E-state index contributed by atoms with van der Waals surface area (Å²) in [6, 6.07) is -0.200. The summed E-state index contributed by atoms with van der Waals surface area (Å²) in [5.74, 6) is 1.11. The lowest BCUT2D eigenvalue weighted by Crippen LogP contribution is -2.45. The van der Waals surface area contributed by atoms with Crippen LogP contribution in [0.5, 0.6) is 0 Å². The van der Waals surface area contributed by atoms with Gasteiger partial charge in [0.25, 0.3) is 0 Å². The van der Waals surface area contributed by atoms with Crippen LogP contribution < -0.4 is 5.32 Å². The zero-order valence-electron chi connectivity index (χ0n) is 10.6. The Morgan fingerprint density at radius 3 is 2.81 bits per heavy atom. The SMILES string of the molecule is CC(C)CN1CC(C)CNC(CCO)C1=O. The molecule has 16 heavy (non-hydrogen) atoms. The third-order valence-electron chi connectivity index (χ3n) is 2.86. The Hall–Kier alpha value is -0.610. The fourth-order valence-electron chi connectivity index (χ4n) is 2.14. The number of nitrogens with zero attached hydrogens (tertiary/aromatic N) is 1. The zero-order chi connectivity index (χ0) is 12.1. The molecule has 1 amide bonds. The fraction of sp³-hybridized carbons (Fsp3) is 0.917. The molecule has 0 aromatic carbocycles. The lowest BCUT2D eigenvalue weighted by molar-refractivity contribution is -0.133. The molecule has 1 aliphatic heterocycles. The van der Waals surface area contributed by atoms with Crippen molar-refractivity contribution in [1.29, 1.82) is 0 Å². The van der Waals surface area contributed by atoms with Gasteiger partial charge in [-0.3, -0.25) is 4.79 Å². The van der Waals surface area contributed by atoms with Gasteiger partial charge in [-0.05, 0) is 18.3 Å². The van der Waals surface area contributed by atoms with Crippen LogP contribution in [0, 0.1) is 11.8 Å². The Bertz CT molecular complexity index is 231. The highest BCUT2D eigenvalue weighted by atomic mass is 16.3. The number of hydrogen-bond acceptors (Lipinski definition) is 3. The van der Waals surface area contributed by atoms with E-state index in [0.29, 0.717) is 18.3 Å². The number of carbonyl (C=O) groups is 1. The minimum atomic E-state index is -0.200. The molecule has 1 rings (SSSR count). The maximum Gasteiger partial charge on any atom is 0.239 e. The predicted molar refractivity (Wildman–Crippen MR) is 64.1 cm³/mol. The minimum absolute atomic E-state index is 0.0628. The van der Waals surface area contributed by atoms with Crippen LogP contribution >= 0.6 is 0 Å². The highest BCUT2D eigenvalue weighted by Gasteiger charge is 2.28. The van der Waals surface area contributed by atoms with Gasteiger partial charge in [-0.25, -0.2) is 0 Å². The van der Waals surface area contributed by atoms with Crippen LogP contribution in [0.4, 0.5) is 0 Å². The fourth-order valence-corrected chi connectivity index (χ4v) is 2.14. The van der Waals surface area contributed by atoms with Crippen molar-refractivity contribution in [2.24, 2.45) is 11.8 Å². The molecular formula is C12H24N2O2. The molecule has 1 heterocycles. The molecule has 0 aromatic heterocycles. The highest BCUT2D eigenvalue weighted by molar-refractivity contribution is 5.82. The summed E-state index contributed by atoms with van der Waals surface area (Å²) >= 11 is 0. The number of aliphatic hydroxyl groups is 1. The van der Waals surface area contributed by atoms with Gasteiger partial charge in [-0.15, -0.1) is 0 Å². The number of amides is 1. The first kappa shape index (κ1) is 13.5. The second-order valence-electron chi connectivity index (χ2n) is 5.22. The number of rotatable bonds is 4. The third kappa shape index (κ3) is 3.76. The number of aliphatic hydroxyl groups excluding tert-OH is 1. The van der Waals surface area contributed by atoms with Crippen molar-refractivity contribution in [1.82, 2.24) is 10.2 Å². The van der Waals surface area contributed by atoms with Gasteiger partial charge in [0.15, 0.2) is 0 Å². The normalized spacial score (nSPS) is 27.3. The van der Waals surface area contributed by atoms with Crippen LogP contribution in [0.25, 0.3) is 0 Å². The van der Waals surface area contributed by atoms with Gasteiger partial charge in [0.1, 0.15) is 0 Å². The van der Waals surface area contributed by atoms with Crippen LogP contribution in [0.2, 0.25) is 0 Å². The standard InChI is InChI=1S/C12H24N2O2/c1-9(2)7-14-8-10(3)6-13-11(4-5-15)12(14)16/h9-11,13,15H,4-8H2,1-3H3. The predicted octanol–water partition coefficient (Wildman–Crippen LogP) is 0.461. The third-order valence-corrected chi connectivity index (χ3v) is 2.86. The molecule has 1 aliphatic rings. The molecule has 0 saturated carbocycles. The quantitative estimate of drug-likeness (QED) is 0.735. The van der Waals surface area contributed by atoms with Crippen molar-refractivity contribution in [3.8, 4) is 0 Å². The van der Waals surface area contributed by atoms with Crippen molar-refractivity contribution in [2.75, 3.05) is 26.2 Å². The number of nitrogens with one attached hydrogen (secondary N) is 1. The zero-order valence-corrected chi connectivity index (χ0v) is 10.6. The molecule has 2 N–H and O–H groups in total. The van der Waals surface area contributed by atoms with Crippen LogP contribution in [-0.2, 0) is 4.79 Å². The average molecular weight is 228 g/mol. The molecule has 4 nitrogen and oxygen atoms in total. The van der Waals surface area contributed by atoms with E-state index in [1.807, 2.05) is 4.90 Å². The monoisotopic (exact) mass is 228 g/mol. The Labute approximate surface area is 98.0 Å². The van der Waals surface area contributed by atoms with Gasteiger partial charge >= 0.3 is 0 Å². The summed E-state index contributed by atoms with van der Waals surface area (Å²) in [4.78, 5) is 14.1. The molecule has 0 aliphatic carbocycles. The van der Waals surface area contributed by atoms with E-state index in [1.54, 1.807) is 0 Å². The largest absolute Gasteiger partial charge is 0.396 e. The van der Waals surface area contributed by atoms with Crippen LogP contribution in [-0.4, -0.2) is 48.2 Å². The first-order chi connectivity index (χ1) is 7.54. The van der Waals surface area contributed by atoms with Gasteiger partial charge in [-0.2, -0.15) is 0 Å². The van der Waals surface area contributed by atoms with Crippen LogP contribution in [0.1, 0.15) is 27.2 Å². The molecule has 1 fully saturated rings. The Morgan fingerprint density at radius 2 is 2.25 bits per heavy atom. The molecule has 4 heteroatoms. The molecular weight excluding hydrogens is 204 g/mol. The van der Waals surface area contributed by atoms with E-state index in [9.17, 15) is 4.79 Å². The van der Waals surface area contributed by atoms with Gasteiger partial charge in [0, 0.05) is 26.2 Å². The molecule has 94 valence electrons. The Kier molecular flexibility index (Phi) is 5.22. The van der Waals surface area contributed by atoms with Crippen molar-refractivity contribution in [3.05, 3.63) is 0 Å². The summed E-state index contributed by atoms with van der Waals surface area (Å²) in [6.07, 6.45) is 0.514. The number of hydrogen-bond donors (Lipinski definition) is 2. The maximum atomic E-state index is 12.2. The van der Waals surface area contributed by atoms with E-state index in [4.69, 9.17) is 5.11 Å². The highest BCUT2D eigenvalue weighted by Crippen LogP contribution is 2.11. The van der Waals surface area contributed by atoms with Gasteiger partial charge in [-0.1, -0.05) is 20.8 Å². The average Bonchev–Trinajstić information content (AvgIpc) is 2.31. The van der Waals surface area contributed by atoms with E-state index in [0.717, 1.165) is 19.6 Å². The van der Waals surface area contributed by atoms with E-state index in [-0.39, 0.29) is 18.6 Å². The molecule has 1 saturated heterocycles.